The van der Waals surface area contributed by atoms with Gasteiger partial charge in [-0.1, -0.05) is 22.0 Å². The summed E-state index contributed by atoms with van der Waals surface area (Å²) < 4.78 is 1.00. The number of halogens is 2. The third kappa shape index (κ3) is 2.67. The highest BCUT2D eigenvalue weighted by atomic mass is 127. The Balaban J connectivity index is 3.03. The van der Waals surface area contributed by atoms with Crippen LogP contribution in [0.15, 0.2) is 18.2 Å². The Kier molecular flexibility index (Phi) is 3.73. The summed E-state index contributed by atoms with van der Waals surface area (Å²) in [6.45, 7) is 1.55. The van der Waals surface area contributed by atoms with Crippen molar-refractivity contribution in [1.29, 1.82) is 0 Å². The largest absolute Gasteiger partial charge is 0.398 e. The SMILES string of the molecule is CC(=O)C(Br)c1ccc(I)c(N)c1. The molecule has 0 spiro atoms. The molecule has 1 atom stereocenters. The molecule has 0 saturated heterocycles. The quantitative estimate of drug-likeness (QED) is 0.504. The number of ketones is 1. The molecular weight excluding hydrogens is 345 g/mol. The molecule has 0 amide bonds. The Bertz CT molecular complexity index is 340. The molecule has 1 rings (SSSR count). The maximum atomic E-state index is 11.1. The normalized spacial score (nSPS) is 12.5. The second-order valence-corrected chi connectivity index (χ2v) is 4.83. The van der Waals surface area contributed by atoms with Gasteiger partial charge in [-0.25, -0.2) is 0 Å². The lowest BCUT2D eigenvalue weighted by Gasteiger charge is -2.07. The van der Waals surface area contributed by atoms with Gasteiger partial charge in [0.15, 0.2) is 0 Å². The van der Waals surface area contributed by atoms with Crippen molar-refractivity contribution in [3.63, 3.8) is 0 Å². The van der Waals surface area contributed by atoms with Crippen molar-refractivity contribution in [3.8, 4) is 0 Å². The van der Waals surface area contributed by atoms with Crippen LogP contribution in [-0.2, 0) is 4.79 Å². The molecule has 1 aromatic rings. The minimum atomic E-state index is -0.244. The van der Waals surface area contributed by atoms with E-state index in [0.717, 1.165) is 9.13 Å². The highest BCUT2D eigenvalue weighted by molar-refractivity contribution is 14.1. The topological polar surface area (TPSA) is 43.1 Å². The minimum absolute atomic E-state index is 0.0839. The van der Waals surface area contributed by atoms with Crippen molar-refractivity contribution in [1.82, 2.24) is 0 Å². The third-order valence-electron chi connectivity index (χ3n) is 1.67. The number of hydrogen-bond donors (Lipinski definition) is 1. The van der Waals surface area contributed by atoms with Crippen molar-refractivity contribution in [2.75, 3.05) is 5.73 Å². The molecular formula is C9H9BrINO. The molecule has 0 aliphatic carbocycles. The number of carbonyl (C=O) groups excluding carboxylic acids is 1. The highest BCUT2D eigenvalue weighted by Crippen LogP contribution is 2.27. The van der Waals surface area contributed by atoms with E-state index in [2.05, 4.69) is 38.5 Å². The number of anilines is 1. The first-order valence-electron chi connectivity index (χ1n) is 3.72. The molecule has 0 aliphatic rings. The molecule has 0 saturated carbocycles. The third-order valence-corrected chi connectivity index (χ3v) is 3.83. The van der Waals surface area contributed by atoms with Gasteiger partial charge in [0.05, 0.1) is 4.83 Å². The lowest BCUT2D eigenvalue weighted by atomic mass is 10.1. The van der Waals surface area contributed by atoms with Crippen LogP contribution in [0, 0.1) is 3.57 Å². The van der Waals surface area contributed by atoms with Crippen LogP contribution in [-0.4, -0.2) is 5.78 Å². The number of Topliss-reactive ketones (excluding diaryl/α,β-unsaturated/α-hetero) is 1. The van der Waals surface area contributed by atoms with E-state index in [4.69, 9.17) is 5.73 Å². The monoisotopic (exact) mass is 353 g/mol. The summed E-state index contributed by atoms with van der Waals surface area (Å²) in [5, 5.41) is 0. The van der Waals surface area contributed by atoms with E-state index in [-0.39, 0.29) is 10.6 Å². The van der Waals surface area contributed by atoms with Crippen LogP contribution >= 0.6 is 38.5 Å². The standard InChI is InChI=1S/C9H9BrINO/c1-5(13)9(10)6-2-3-7(11)8(12)4-6/h2-4,9H,12H2,1H3. The van der Waals surface area contributed by atoms with Gasteiger partial charge < -0.3 is 5.73 Å². The van der Waals surface area contributed by atoms with Gasteiger partial charge in [0.25, 0.3) is 0 Å². The van der Waals surface area contributed by atoms with Crippen molar-refractivity contribution in [2.45, 2.75) is 11.8 Å². The van der Waals surface area contributed by atoms with Crippen molar-refractivity contribution < 1.29 is 4.79 Å². The highest BCUT2D eigenvalue weighted by Gasteiger charge is 2.12. The number of rotatable bonds is 2. The Hall–Kier alpha value is -0.100. The fourth-order valence-electron chi connectivity index (χ4n) is 0.955. The van der Waals surface area contributed by atoms with Crippen LogP contribution in [0.3, 0.4) is 0 Å². The second-order valence-electron chi connectivity index (χ2n) is 2.75. The first-order chi connectivity index (χ1) is 6.02. The number of carbonyl (C=O) groups is 1. The summed E-state index contributed by atoms with van der Waals surface area (Å²) in [5.74, 6) is 0.0839. The molecule has 70 valence electrons. The van der Waals surface area contributed by atoms with Gasteiger partial charge >= 0.3 is 0 Å². The molecule has 0 aliphatic heterocycles. The molecule has 0 aromatic heterocycles. The molecule has 1 aromatic carbocycles. The van der Waals surface area contributed by atoms with E-state index in [1.165, 1.54) is 0 Å². The fraction of sp³-hybridized carbons (Fsp3) is 0.222. The lowest BCUT2D eigenvalue weighted by molar-refractivity contribution is -0.116. The van der Waals surface area contributed by atoms with Crippen molar-refractivity contribution in [3.05, 3.63) is 27.3 Å². The summed E-state index contributed by atoms with van der Waals surface area (Å²) >= 11 is 5.46. The second kappa shape index (κ2) is 4.41. The first kappa shape index (κ1) is 11.0. The molecule has 0 radical (unpaired) electrons. The zero-order chi connectivity index (χ0) is 10.0. The van der Waals surface area contributed by atoms with Crippen LogP contribution in [0.25, 0.3) is 0 Å². The van der Waals surface area contributed by atoms with Crippen LogP contribution in [0.1, 0.15) is 17.3 Å². The molecule has 2 nitrogen and oxygen atoms in total. The Morgan fingerprint density at radius 1 is 1.62 bits per heavy atom. The van der Waals surface area contributed by atoms with Gasteiger partial charge in [-0.2, -0.15) is 0 Å². The van der Waals surface area contributed by atoms with E-state index >= 15 is 0 Å². The van der Waals surface area contributed by atoms with Crippen LogP contribution < -0.4 is 5.73 Å². The number of hydrogen-bond acceptors (Lipinski definition) is 2. The van der Waals surface area contributed by atoms with E-state index in [0.29, 0.717) is 5.69 Å². The summed E-state index contributed by atoms with van der Waals surface area (Å²) in [6, 6.07) is 5.63. The van der Waals surface area contributed by atoms with Gasteiger partial charge in [-0.05, 0) is 47.2 Å². The summed E-state index contributed by atoms with van der Waals surface area (Å²) in [7, 11) is 0. The predicted molar refractivity (Wildman–Crippen MR) is 65.9 cm³/mol. The molecule has 0 fully saturated rings. The average molecular weight is 354 g/mol. The van der Waals surface area contributed by atoms with Crippen LogP contribution in [0.2, 0.25) is 0 Å². The van der Waals surface area contributed by atoms with Crippen molar-refractivity contribution in [2.24, 2.45) is 0 Å². The fourth-order valence-corrected chi connectivity index (χ4v) is 1.57. The number of nitrogen functional groups attached to an aromatic ring is 1. The minimum Gasteiger partial charge on any atom is -0.398 e. The summed E-state index contributed by atoms with van der Waals surface area (Å²) in [6.07, 6.45) is 0. The zero-order valence-electron chi connectivity index (χ0n) is 7.05. The Labute approximate surface area is 99.2 Å². The molecule has 2 N–H and O–H groups in total. The average Bonchev–Trinajstić information content (AvgIpc) is 2.08. The lowest BCUT2D eigenvalue weighted by Crippen LogP contribution is -2.02. The molecule has 0 heterocycles. The maximum absolute atomic E-state index is 11.1. The Morgan fingerprint density at radius 2 is 2.23 bits per heavy atom. The maximum Gasteiger partial charge on any atom is 0.147 e. The van der Waals surface area contributed by atoms with Crippen LogP contribution in [0.5, 0.6) is 0 Å². The predicted octanol–water partition coefficient (Wildman–Crippen LogP) is 2.90. The Morgan fingerprint density at radius 3 is 2.69 bits per heavy atom. The smallest absolute Gasteiger partial charge is 0.147 e. The molecule has 4 heteroatoms. The summed E-state index contributed by atoms with van der Waals surface area (Å²) in [4.78, 5) is 10.8. The van der Waals surface area contributed by atoms with E-state index in [1.54, 1.807) is 6.92 Å². The number of nitrogens with two attached hydrogens (primary N) is 1. The molecule has 13 heavy (non-hydrogen) atoms. The van der Waals surface area contributed by atoms with Gasteiger partial charge in [0.1, 0.15) is 5.78 Å². The zero-order valence-corrected chi connectivity index (χ0v) is 10.8. The van der Waals surface area contributed by atoms with Gasteiger partial charge in [-0.3, -0.25) is 4.79 Å². The molecule has 1 unspecified atom stereocenters. The molecule has 0 bridgehead atoms. The van der Waals surface area contributed by atoms with Gasteiger partial charge in [0, 0.05) is 9.26 Å². The summed E-state index contributed by atoms with van der Waals surface area (Å²) in [5.41, 5.74) is 7.34. The number of alkyl halides is 1. The van der Waals surface area contributed by atoms with E-state index < -0.39 is 0 Å². The van der Waals surface area contributed by atoms with Crippen LogP contribution in [0.4, 0.5) is 5.69 Å². The van der Waals surface area contributed by atoms with Crippen molar-refractivity contribution >= 4 is 50.0 Å². The number of benzene rings is 1. The van der Waals surface area contributed by atoms with E-state index in [9.17, 15) is 4.79 Å². The first-order valence-corrected chi connectivity index (χ1v) is 5.71. The van der Waals surface area contributed by atoms with Gasteiger partial charge in [0.2, 0.25) is 0 Å². The van der Waals surface area contributed by atoms with Gasteiger partial charge in [-0.15, -0.1) is 0 Å². The van der Waals surface area contributed by atoms with E-state index in [1.807, 2.05) is 18.2 Å².